The lowest BCUT2D eigenvalue weighted by molar-refractivity contribution is -0.115. The van der Waals surface area contributed by atoms with E-state index in [9.17, 15) is 4.79 Å². The number of thiophene rings is 1. The summed E-state index contributed by atoms with van der Waals surface area (Å²) in [5.41, 5.74) is 0. The van der Waals surface area contributed by atoms with E-state index in [0.29, 0.717) is 30.2 Å². The van der Waals surface area contributed by atoms with Gasteiger partial charge in [0, 0.05) is 17.3 Å². The molecular formula is C17H25N5OS. The van der Waals surface area contributed by atoms with Gasteiger partial charge in [-0.3, -0.25) is 10.1 Å². The minimum Gasteiger partial charge on any atom is -0.351 e. The molecule has 0 aliphatic rings. The summed E-state index contributed by atoms with van der Waals surface area (Å²) in [6, 6.07) is 4.58. The number of nitrogens with one attached hydrogen (secondary N) is 2. The van der Waals surface area contributed by atoms with Gasteiger partial charge in [-0.25, -0.2) is 0 Å². The maximum absolute atomic E-state index is 11.5. The Labute approximate surface area is 147 Å². The minimum atomic E-state index is -0.102. The summed E-state index contributed by atoms with van der Waals surface area (Å²) in [5.74, 6) is 1.32. The molecule has 0 radical (unpaired) electrons. The Morgan fingerprint density at radius 2 is 2.04 bits per heavy atom. The average molecular weight is 347 g/mol. The molecule has 2 N–H and O–H groups in total. The van der Waals surface area contributed by atoms with Crippen LogP contribution in [0.1, 0.15) is 50.2 Å². The molecule has 0 spiro atoms. The first-order valence-corrected chi connectivity index (χ1v) is 9.30. The van der Waals surface area contributed by atoms with Crippen LogP contribution in [0.2, 0.25) is 0 Å². The third-order valence-electron chi connectivity index (χ3n) is 3.70. The quantitative estimate of drug-likeness (QED) is 0.721. The molecule has 2 aromatic rings. The van der Waals surface area contributed by atoms with Crippen LogP contribution >= 0.6 is 11.3 Å². The molecule has 0 saturated carbocycles. The highest BCUT2D eigenvalue weighted by Crippen LogP contribution is 2.16. The van der Waals surface area contributed by atoms with Crippen molar-refractivity contribution in [3.8, 4) is 0 Å². The van der Waals surface area contributed by atoms with Gasteiger partial charge < -0.3 is 5.32 Å². The highest BCUT2D eigenvalue weighted by Gasteiger charge is 2.11. The fourth-order valence-corrected chi connectivity index (χ4v) is 3.11. The van der Waals surface area contributed by atoms with Gasteiger partial charge >= 0.3 is 0 Å². The first-order chi connectivity index (χ1) is 11.6. The molecule has 0 saturated heterocycles. The number of hydrogen-bond acceptors (Lipinski definition) is 6. The van der Waals surface area contributed by atoms with E-state index in [1.165, 1.54) is 4.88 Å². The maximum Gasteiger partial charge on any atom is 0.234 e. The number of nitrogens with zero attached hydrogens (tertiary/aromatic N) is 3. The predicted octanol–water partition coefficient (Wildman–Crippen LogP) is 3.80. The van der Waals surface area contributed by atoms with E-state index in [2.05, 4.69) is 50.0 Å². The van der Waals surface area contributed by atoms with Gasteiger partial charge in [-0.2, -0.15) is 15.0 Å². The maximum atomic E-state index is 11.5. The molecule has 0 aromatic carbocycles. The molecule has 2 heterocycles. The Bertz CT molecular complexity index is 644. The van der Waals surface area contributed by atoms with Gasteiger partial charge in [0.1, 0.15) is 5.82 Å². The van der Waals surface area contributed by atoms with Crippen molar-refractivity contribution in [3.05, 3.63) is 28.2 Å². The SMILES string of the molecule is CCC(=O)Nc1nc(C)nc(NC(CC)CCCc2cccs2)n1. The number of carbonyl (C=O) groups excluding carboxylic acids is 1. The molecule has 0 bridgehead atoms. The van der Waals surface area contributed by atoms with Crippen LogP contribution in [0.5, 0.6) is 0 Å². The Balaban J connectivity index is 1.92. The van der Waals surface area contributed by atoms with Crippen molar-refractivity contribution >= 4 is 29.1 Å². The Kier molecular flexibility index (Phi) is 7.11. The smallest absolute Gasteiger partial charge is 0.234 e. The van der Waals surface area contributed by atoms with Crippen molar-refractivity contribution < 1.29 is 4.79 Å². The highest BCUT2D eigenvalue weighted by atomic mass is 32.1. The molecular weight excluding hydrogens is 322 g/mol. The van der Waals surface area contributed by atoms with Crippen molar-refractivity contribution in [1.82, 2.24) is 15.0 Å². The van der Waals surface area contributed by atoms with E-state index in [0.717, 1.165) is 25.7 Å². The minimum absolute atomic E-state index is 0.102. The molecule has 1 unspecified atom stereocenters. The van der Waals surface area contributed by atoms with Crippen LogP contribution in [0.4, 0.5) is 11.9 Å². The fraction of sp³-hybridized carbons (Fsp3) is 0.529. The number of anilines is 2. The normalized spacial score (nSPS) is 12.0. The first kappa shape index (κ1) is 18.3. The van der Waals surface area contributed by atoms with E-state index in [4.69, 9.17) is 0 Å². The van der Waals surface area contributed by atoms with E-state index >= 15 is 0 Å². The third kappa shape index (κ3) is 5.88. The highest BCUT2D eigenvalue weighted by molar-refractivity contribution is 7.09. The molecule has 2 rings (SSSR count). The number of aromatic nitrogens is 3. The summed E-state index contributed by atoms with van der Waals surface area (Å²) in [6.45, 7) is 5.74. The zero-order valence-corrected chi connectivity index (χ0v) is 15.3. The van der Waals surface area contributed by atoms with Crippen LogP contribution in [-0.4, -0.2) is 26.9 Å². The standard InChI is InChI=1S/C17H25N5OS/c1-4-13(8-6-9-14-10-7-11-24-14)20-16-18-12(3)19-17(22-16)21-15(23)5-2/h7,10-11,13H,4-6,8-9H2,1-3H3,(H2,18,19,20,21,22,23). The number of hydrogen-bond donors (Lipinski definition) is 2. The largest absolute Gasteiger partial charge is 0.351 e. The zero-order valence-electron chi connectivity index (χ0n) is 14.5. The van der Waals surface area contributed by atoms with Crippen LogP contribution in [0, 0.1) is 6.92 Å². The first-order valence-electron chi connectivity index (χ1n) is 8.42. The Morgan fingerprint density at radius 3 is 2.71 bits per heavy atom. The van der Waals surface area contributed by atoms with Gasteiger partial charge in [-0.05, 0) is 44.1 Å². The molecule has 0 aliphatic carbocycles. The Morgan fingerprint density at radius 1 is 1.25 bits per heavy atom. The molecule has 1 amide bonds. The third-order valence-corrected chi connectivity index (χ3v) is 4.64. The zero-order chi connectivity index (χ0) is 17.4. The van der Waals surface area contributed by atoms with E-state index in [-0.39, 0.29) is 5.91 Å². The second kappa shape index (κ2) is 9.32. The fourth-order valence-electron chi connectivity index (χ4n) is 2.35. The van der Waals surface area contributed by atoms with E-state index in [1.807, 2.05) is 0 Å². The Hall–Kier alpha value is -2.02. The summed E-state index contributed by atoms with van der Waals surface area (Å²) in [6.07, 6.45) is 4.66. The molecule has 1 atom stereocenters. The van der Waals surface area contributed by atoms with Crippen molar-refractivity contribution in [1.29, 1.82) is 0 Å². The summed E-state index contributed by atoms with van der Waals surface area (Å²) >= 11 is 1.80. The van der Waals surface area contributed by atoms with Gasteiger partial charge in [-0.15, -0.1) is 11.3 Å². The summed E-state index contributed by atoms with van der Waals surface area (Å²) < 4.78 is 0. The molecule has 2 aromatic heterocycles. The van der Waals surface area contributed by atoms with Gasteiger partial charge in [-0.1, -0.05) is 19.9 Å². The molecule has 0 aliphatic heterocycles. The molecule has 130 valence electrons. The van der Waals surface area contributed by atoms with E-state index < -0.39 is 0 Å². The van der Waals surface area contributed by atoms with Gasteiger partial charge in [0.25, 0.3) is 0 Å². The second-order valence-corrected chi connectivity index (χ2v) is 6.68. The molecule has 6 nitrogen and oxygen atoms in total. The monoisotopic (exact) mass is 347 g/mol. The summed E-state index contributed by atoms with van der Waals surface area (Å²) in [4.78, 5) is 25.7. The number of rotatable bonds is 9. The number of amides is 1. The van der Waals surface area contributed by atoms with Crippen molar-refractivity contribution in [2.45, 2.75) is 58.9 Å². The van der Waals surface area contributed by atoms with Crippen molar-refractivity contribution in [2.24, 2.45) is 0 Å². The van der Waals surface area contributed by atoms with E-state index in [1.54, 1.807) is 25.2 Å². The van der Waals surface area contributed by atoms with Gasteiger partial charge in [0.2, 0.25) is 17.8 Å². The topological polar surface area (TPSA) is 79.8 Å². The lowest BCUT2D eigenvalue weighted by Crippen LogP contribution is -2.22. The number of aryl methyl sites for hydroxylation is 2. The molecule has 7 heteroatoms. The van der Waals surface area contributed by atoms with Crippen molar-refractivity contribution in [2.75, 3.05) is 10.6 Å². The molecule has 24 heavy (non-hydrogen) atoms. The van der Waals surface area contributed by atoms with Crippen LogP contribution in [0.15, 0.2) is 17.5 Å². The molecule has 0 fully saturated rings. The van der Waals surface area contributed by atoms with Crippen molar-refractivity contribution in [3.63, 3.8) is 0 Å². The second-order valence-electron chi connectivity index (χ2n) is 5.65. The average Bonchev–Trinajstić information content (AvgIpc) is 3.06. The van der Waals surface area contributed by atoms with Crippen LogP contribution in [0.3, 0.4) is 0 Å². The predicted molar refractivity (Wildman–Crippen MR) is 98.4 cm³/mol. The summed E-state index contributed by atoms with van der Waals surface area (Å²) in [7, 11) is 0. The number of carbonyl (C=O) groups is 1. The van der Waals surface area contributed by atoms with Crippen LogP contribution < -0.4 is 10.6 Å². The van der Waals surface area contributed by atoms with Crippen LogP contribution in [0.25, 0.3) is 0 Å². The summed E-state index contributed by atoms with van der Waals surface area (Å²) in [5, 5.41) is 8.17. The van der Waals surface area contributed by atoms with Gasteiger partial charge in [0.05, 0.1) is 0 Å². The van der Waals surface area contributed by atoms with Crippen LogP contribution in [-0.2, 0) is 11.2 Å². The lowest BCUT2D eigenvalue weighted by atomic mass is 10.1. The van der Waals surface area contributed by atoms with Gasteiger partial charge in [0.15, 0.2) is 0 Å². The lowest BCUT2D eigenvalue weighted by Gasteiger charge is -2.17.